The average molecular weight is 461 g/mol. The molecule has 3 aromatic carbocycles. The van der Waals surface area contributed by atoms with Crippen molar-refractivity contribution >= 4 is 40.9 Å². The van der Waals surface area contributed by atoms with Gasteiger partial charge in [0.15, 0.2) is 5.11 Å². The molecule has 0 aliphatic carbocycles. The van der Waals surface area contributed by atoms with Crippen LogP contribution in [0.15, 0.2) is 78.4 Å². The van der Waals surface area contributed by atoms with Gasteiger partial charge in [0.25, 0.3) is 11.8 Å². The lowest BCUT2D eigenvalue weighted by Gasteiger charge is -2.29. The number of hydrogen-bond donors (Lipinski definition) is 1. The summed E-state index contributed by atoms with van der Waals surface area (Å²) in [6.07, 6.45) is 2.39. The Kier molecular flexibility index (Phi) is 6.60. The van der Waals surface area contributed by atoms with E-state index in [0.29, 0.717) is 17.0 Å². The zero-order valence-electron chi connectivity index (χ0n) is 17.9. The first-order valence-corrected chi connectivity index (χ1v) is 10.8. The normalized spacial score (nSPS) is 15.0. The van der Waals surface area contributed by atoms with Crippen molar-refractivity contribution in [3.8, 4) is 5.75 Å². The van der Waals surface area contributed by atoms with Gasteiger partial charge in [0.1, 0.15) is 23.7 Å². The lowest BCUT2D eigenvalue weighted by Crippen LogP contribution is -2.54. The molecular formula is C26H21FN2O3S. The molecule has 3 aromatic rings. The van der Waals surface area contributed by atoms with Crippen molar-refractivity contribution in [2.45, 2.75) is 20.0 Å². The molecule has 0 radical (unpaired) electrons. The van der Waals surface area contributed by atoms with Crippen molar-refractivity contribution < 1.29 is 18.7 Å². The molecule has 1 aliphatic heterocycles. The molecule has 33 heavy (non-hydrogen) atoms. The summed E-state index contributed by atoms with van der Waals surface area (Å²) >= 11 is 5.25. The summed E-state index contributed by atoms with van der Waals surface area (Å²) in [5.41, 5.74) is 3.13. The number of aryl methyl sites for hydroxylation is 1. The molecule has 5 nitrogen and oxygen atoms in total. The molecule has 1 heterocycles. The number of nitrogens with zero attached hydrogens (tertiary/aromatic N) is 1. The number of benzene rings is 3. The second-order valence-electron chi connectivity index (χ2n) is 7.47. The molecule has 1 saturated heterocycles. The van der Waals surface area contributed by atoms with Crippen molar-refractivity contribution in [2.75, 3.05) is 4.90 Å². The number of carbonyl (C=O) groups excluding carboxylic acids is 2. The highest BCUT2D eigenvalue weighted by atomic mass is 32.1. The number of carbonyl (C=O) groups is 2. The van der Waals surface area contributed by atoms with Crippen LogP contribution in [0.25, 0.3) is 6.08 Å². The number of ether oxygens (including phenoxy) is 1. The van der Waals surface area contributed by atoms with Crippen LogP contribution in [0.5, 0.6) is 5.75 Å². The van der Waals surface area contributed by atoms with Gasteiger partial charge in [-0.25, -0.2) is 4.39 Å². The second kappa shape index (κ2) is 9.75. The molecule has 7 heteroatoms. The fourth-order valence-electron chi connectivity index (χ4n) is 3.38. The summed E-state index contributed by atoms with van der Waals surface area (Å²) in [5.74, 6) is -0.799. The first-order valence-electron chi connectivity index (χ1n) is 10.4. The molecule has 2 amide bonds. The van der Waals surface area contributed by atoms with Crippen LogP contribution >= 0.6 is 12.2 Å². The van der Waals surface area contributed by atoms with Gasteiger partial charge in [-0.2, -0.15) is 0 Å². The van der Waals surface area contributed by atoms with Crippen LogP contribution in [0.1, 0.15) is 23.6 Å². The number of hydrogen-bond acceptors (Lipinski definition) is 4. The van der Waals surface area contributed by atoms with Gasteiger partial charge in [0, 0.05) is 0 Å². The first-order chi connectivity index (χ1) is 15.9. The molecule has 166 valence electrons. The van der Waals surface area contributed by atoms with Crippen molar-refractivity contribution in [1.29, 1.82) is 0 Å². The molecule has 4 rings (SSSR count). The number of amides is 2. The summed E-state index contributed by atoms with van der Waals surface area (Å²) in [5, 5.41) is 2.63. The van der Waals surface area contributed by atoms with Crippen molar-refractivity contribution in [1.82, 2.24) is 5.32 Å². The van der Waals surface area contributed by atoms with E-state index in [1.807, 2.05) is 31.2 Å². The van der Waals surface area contributed by atoms with Crippen LogP contribution in [-0.2, 0) is 22.6 Å². The Morgan fingerprint density at radius 3 is 2.39 bits per heavy atom. The number of rotatable bonds is 6. The van der Waals surface area contributed by atoms with E-state index in [-0.39, 0.29) is 23.1 Å². The maximum atomic E-state index is 13.2. The van der Waals surface area contributed by atoms with Gasteiger partial charge >= 0.3 is 0 Å². The minimum Gasteiger partial charge on any atom is -0.489 e. The topological polar surface area (TPSA) is 58.6 Å². The minimum atomic E-state index is -0.552. The third-order valence-electron chi connectivity index (χ3n) is 5.19. The summed E-state index contributed by atoms with van der Waals surface area (Å²) < 4.78 is 18.8. The van der Waals surface area contributed by atoms with Gasteiger partial charge in [-0.1, -0.05) is 43.3 Å². The number of thiocarbonyl (C=S) groups is 1. The molecule has 1 N–H and O–H groups in total. The predicted octanol–water partition coefficient (Wildman–Crippen LogP) is 4.80. The number of halogens is 1. The van der Waals surface area contributed by atoms with Gasteiger partial charge in [-0.3, -0.25) is 19.8 Å². The second-order valence-corrected chi connectivity index (χ2v) is 7.85. The molecule has 0 saturated carbocycles. The standard InChI is InChI=1S/C26H21FN2O3S/c1-2-17-8-12-21(13-9-17)29-25(31)23(24(30)28-26(29)33)15-19-4-3-5-22(14-19)32-16-18-6-10-20(27)11-7-18/h3-15H,2,16H2,1H3,(H,28,30,33)/b23-15+. The van der Waals surface area contributed by atoms with E-state index in [0.717, 1.165) is 17.5 Å². The highest BCUT2D eigenvalue weighted by Gasteiger charge is 2.34. The van der Waals surface area contributed by atoms with E-state index in [9.17, 15) is 14.0 Å². The van der Waals surface area contributed by atoms with E-state index in [4.69, 9.17) is 17.0 Å². The Hall–Kier alpha value is -3.84. The van der Waals surface area contributed by atoms with Gasteiger partial charge in [0.2, 0.25) is 0 Å². The van der Waals surface area contributed by atoms with Gasteiger partial charge in [-0.05, 0) is 77.8 Å². The monoisotopic (exact) mass is 460 g/mol. The van der Waals surface area contributed by atoms with Crippen LogP contribution < -0.4 is 15.0 Å². The zero-order valence-corrected chi connectivity index (χ0v) is 18.7. The van der Waals surface area contributed by atoms with Crippen LogP contribution in [0, 0.1) is 5.82 Å². The smallest absolute Gasteiger partial charge is 0.270 e. The predicted molar refractivity (Wildman–Crippen MR) is 129 cm³/mol. The van der Waals surface area contributed by atoms with E-state index in [2.05, 4.69) is 5.32 Å². The minimum absolute atomic E-state index is 0.0288. The van der Waals surface area contributed by atoms with E-state index in [1.54, 1.807) is 36.4 Å². The molecule has 1 fully saturated rings. The van der Waals surface area contributed by atoms with Crippen molar-refractivity contribution in [2.24, 2.45) is 0 Å². The molecule has 0 unspecified atom stereocenters. The van der Waals surface area contributed by atoms with Crippen molar-refractivity contribution in [3.63, 3.8) is 0 Å². The van der Waals surface area contributed by atoms with E-state index < -0.39 is 11.8 Å². The van der Waals surface area contributed by atoms with E-state index in [1.165, 1.54) is 23.1 Å². The highest BCUT2D eigenvalue weighted by Crippen LogP contribution is 2.24. The Morgan fingerprint density at radius 2 is 1.70 bits per heavy atom. The quantitative estimate of drug-likeness (QED) is 0.326. The Balaban J connectivity index is 1.55. The largest absolute Gasteiger partial charge is 0.489 e. The van der Waals surface area contributed by atoms with Gasteiger partial charge in [-0.15, -0.1) is 0 Å². The third-order valence-corrected chi connectivity index (χ3v) is 5.48. The fourth-order valence-corrected chi connectivity index (χ4v) is 3.66. The SMILES string of the molecule is CCc1ccc(N2C(=O)/C(=C/c3cccc(OCc4ccc(F)cc4)c3)C(=O)NC2=S)cc1. The fraction of sp³-hybridized carbons (Fsp3) is 0.115. The van der Waals surface area contributed by atoms with Crippen LogP contribution in [-0.4, -0.2) is 16.9 Å². The van der Waals surface area contributed by atoms with E-state index >= 15 is 0 Å². The Bertz CT molecular complexity index is 1240. The summed E-state index contributed by atoms with van der Waals surface area (Å²) in [7, 11) is 0. The Morgan fingerprint density at radius 1 is 1.00 bits per heavy atom. The number of nitrogens with one attached hydrogen (secondary N) is 1. The van der Waals surface area contributed by atoms with Crippen molar-refractivity contribution in [3.05, 3.63) is 101 Å². The lowest BCUT2D eigenvalue weighted by atomic mass is 10.1. The average Bonchev–Trinajstić information content (AvgIpc) is 2.82. The number of anilines is 1. The molecule has 0 aromatic heterocycles. The summed E-state index contributed by atoms with van der Waals surface area (Å²) in [6.45, 7) is 2.31. The lowest BCUT2D eigenvalue weighted by molar-refractivity contribution is -0.122. The maximum Gasteiger partial charge on any atom is 0.270 e. The molecule has 1 aliphatic rings. The molecule has 0 atom stereocenters. The highest BCUT2D eigenvalue weighted by molar-refractivity contribution is 7.80. The maximum absolute atomic E-state index is 13.2. The molecule has 0 spiro atoms. The van der Waals surface area contributed by atoms with Gasteiger partial charge in [0.05, 0.1) is 5.69 Å². The van der Waals surface area contributed by atoms with Crippen LogP contribution in [0.4, 0.5) is 10.1 Å². The summed E-state index contributed by atoms with van der Waals surface area (Å²) in [6, 6.07) is 20.5. The first kappa shape index (κ1) is 22.4. The van der Waals surface area contributed by atoms with Crippen LogP contribution in [0.2, 0.25) is 0 Å². The summed E-state index contributed by atoms with van der Waals surface area (Å²) in [4.78, 5) is 27.0. The molecule has 0 bridgehead atoms. The molecular weight excluding hydrogens is 439 g/mol. The Labute approximate surface area is 196 Å². The van der Waals surface area contributed by atoms with Gasteiger partial charge < -0.3 is 4.74 Å². The zero-order chi connectivity index (χ0) is 23.4. The third kappa shape index (κ3) is 5.15. The van der Waals surface area contributed by atoms with Crippen LogP contribution in [0.3, 0.4) is 0 Å².